The summed E-state index contributed by atoms with van der Waals surface area (Å²) in [7, 11) is -26.7. The molecule has 0 heterocycles. The molecule has 0 bridgehead atoms. The number of hydrogen-bond donors (Lipinski definition) is 0. The standard InChI is InChI=1S/C82H70O7Si6/c1-68(83)69(2)84-91(73-48-22-6-23-49-73,74-50-24-7-25-51-74)86-93(77-56-30-10-31-57-77,78-58-32-11-33-59-78)88-95(81-64-38-14-39-65-81,82-66-40-15-41-67-82)89-94(79-60-34-12-35-61-79,80-62-36-13-37-63-80)87-92(75-52-26-8-27-53-75,76-54-28-9-29-55-76)85-90(70-42-16-3-17-43-70,71-44-18-4-19-45-71)72-46-20-5-21-47-72/h3-67H,2H2,1H3. The first-order chi connectivity index (χ1) is 46.7. The van der Waals surface area contributed by atoms with Crippen molar-refractivity contribution < 1.29 is 29.8 Å². The Bertz CT molecular complexity index is 4280. The Morgan fingerprint density at radius 1 is 0.211 bits per heavy atom. The van der Waals surface area contributed by atoms with Crippen molar-refractivity contribution in [3.63, 3.8) is 0 Å². The molecule has 0 aromatic heterocycles. The van der Waals surface area contributed by atoms with E-state index in [1.165, 1.54) is 6.92 Å². The minimum absolute atomic E-state index is 0.0449. The average molecular weight is 1340 g/mol. The highest BCUT2D eigenvalue weighted by atomic mass is 28.5. The second-order valence-corrected chi connectivity index (χ2v) is 42.4. The fourth-order valence-corrected chi connectivity index (χ4v) is 44.8. The van der Waals surface area contributed by atoms with Gasteiger partial charge in [-0.2, -0.15) is 0 Å². The van der Waals surface area contributed by atoms with Gasteiger partial charge in [-0.15, -0.1) is 0 Å². The van der Waals surface area contributed by atoms with Crippen LogP contribution in [0.5, 0.6) is 0 Å². The molecule has 95 heavy (non-hydrogen) atoms. The largest absolute Gasteiger partial charge is 0.512 e. The normalized spacial score (nSPS) is 12.1. The van der Waals surface area contributed by atoms with Crippen LogP contribution >= 0.6 is 0 Å². The van der Waals surface area contributed by atoms with E-state index in [-0.39, 0.29) is 11.5 Å². The van der Waals surface area contributed by atoms with Crippen LogP contribution in [0.15, 0.2) is 407 Å². The van der Waals surface area contributed by atoms with Gasteiger partial charge in [0.2, 0.25) is 0 Å². The number of Topliss-reactive ketones (excluding diaryl/α,β-unsaturated/α-hetero) is 1. The molecule has 0 unspecified atom stereocenters. The quantitative estimate of drug-likeness (QED) is 0.0232. The summed E-state index contributed by atoms with van der Waals surface area (Å²) in [5, 5.41) is 11.0. The Balaban J connectivity index is 1.19. The fourth-order valence-electron chi connectivity index (χ4n) is 12.7. The van der Waals surface area contributed by atoms with Gasteiger partial charge in [-0.1, -0.05) is 401 Å². The van der Waals surface area contributed by atoms with Gasteiger partial charge >= 0.3 is 42.8 Å². The van der Waals surface area contributed by atoms with Crippen LogP contribution in [0.3, 0.4) is 0 Å². The van der Waals surface area contributed by atoms with E-state index < -0.39 is 51.1 Å². The van der Waals surface area contributed by atoms with Gasteiger partial charge < -0.3 is 25.0 Å². The number of hydrogen-bond acceptors (Lipinski definition) is 7. The molecular weight excluding hydrogens is 1270 g/mol. The summed E-state index contributed by atoms with van der Waals surface area (Å²) in [4.78, 5) is 14.0. The maximum atomic E-state index is 14.0. The molecule has 13 heteroatoms. The summed E-state index contributed by atoms with van der Waals surface area (Å²) in [5.41, 5.74) is 0. The van der Waals surface area contributed by atoms with E-state index in [2.05, 4.69) is 280 Å². The summed E-state index contributed by atoms with van der Waals surface area (Å²) < 4.78 is 52.9. The van der Waals surface area contributed by atoms with E-state index in [0.29, 0.717) is 0 Å². The Morgan fingerprint density at radius 2 is 0.347 bits per heavy atom. The molecule has 0 aliphatic rings. The second-order valence-electron chi connectivity index (χ2n) is 23.1. The third-order valence-electron chi connectivity index (χ3n) is 17.2. The van der Waals surface area contributed by atoms with Crippen molar-refractivity contribution in [3.05, 3.63) is 407 Å². The van der Waals surface area contributed by atoms with Crippen molar-refractivity contribution >= 4 is 124 Å². The van der Waals surface area contributed by atoms with Gasteiger partial charge in [0.25, 0.3) is 8.32 Å². The molecule has 0 N–H and O–H groups in total. The van der Waals surface area contributed by atoms with Gasteiger partial charge in [-0.3, -0.25) is 4.79 Å². The van der Waals surface area contributed by atoms with E-state index in [1.807, 2.05) is 121 Å². The van der Waals surface area contributed by atoms with E-state index in [4.69, 9.17) is 16.8 Å². The molecule has 0 fully saturated rings. The summed E-state index contributed by atoms with van der Waals surface area (Å²) in [6.07, 6.45) is 0. The zero-order chi connectivity index (χ0) is 64.9. The van der Waals surface area contributed by atoms with Crippen molar-refractivity contribution in [2.75, 3.05) is 0 Å². The molecule has 13 aromatic carbocycles. The lowest BCUT2D eigenvalue weighted by atomic mass is 10.3. The van der Waals surface area contributed by atoms with Crippen LogP contribution in [0.25, 0.3) is 0 Å². The van der Waals surface area contributed by atoms with Crippen LogP contribution in [-0.2, 0) is 29.8 Å². The van der Waals surface area contributed by atoms with Gasteiger partial charge in [0.1, 0.15) is 5.76 Å². The van der Waals surface area contributed by atoms with Gasteiger partial charge in [0.05, 0.1) is 0 Å². The zero-order valence-electron chi connectivity index (χ0n) is 52.6. The van der Waals surface area contributed by atoms with E-state index in [1.54, 1.807) is 0 Å². The maximum absolute atomic E-state index is 14.0. The predicted molar refractivity (Wildman–Crippen MR) is 400 cm³/mol. The predicted octanol–water partition coefficient (Wildman–Crippen LogP) is 9.14. The monoisotopic (exact) mass is 1330 g/mol. The highest BCUT2D eigenvalue weighted by Crippen LogP contribution is 2.32. The average Bonchev–Trinajstić information content (AvgIpc) is 0.714. The van der Waals surface area contributed by atoms with Gasteiger partial charge in [-0.05, 0) is 57.1 Å². The molecule has 13 aromatic rings. The van der Waals surface area contributed by atoms with Crippen molar-refractivity contribution in [1.29, 1.82) is 0 Å². The molecule has 13 rings (SSSR count). The zero-order valence-corrected chi connectivity index (χ0v) is 58.6. The van der Waals surface area contributed by atoms with Crippen LogP contribution in [0, 0.1) is 0 Å². The first-order valence-electron chi connectivity index (χ1n) is 31.8. The highest BCUT2D eigenvalue weighted by Gasteiger charge is 2.66. The summed E-state index contributed by atoms with van der Waals surface area (Å²) >= 11 is 0. The lowest BCUT2D eigenvalue weighted by Gasteiger charge is -2.51. The molecular formula is C82H70O7Si6. The molecule has 0 aliphatic heterocycles. The second kappa shape index (κ2) is 28.8. The number of carbonyl (C=O) groups is 1. The van der Waals surface area contributed by atoms with Crippen LogP contribution in [0.1, 0.15) is 6.92 Å². The minimum atomic E-state index is -4.74. The third-order valence-corrected chi connectivity index (χ3v) is 43.7. The SMILES string of the molecule is C=C(O[Si](O[Si](O[Si](O[Si](O[Si](O[Si](c1ccccc1)(c1ccccc1)c1ccccc1)(c1ccccc1)c1ccccc1)(c1ccccc1)c1ccccc1)(c1ccccc1)c1ccccc1)(c1ccccc1)c1ccccc1)(c1ccccc1)c1ccccc1)C(C)=O. The molecule has 0 atom stereocenters. The van der Waals surface area contributed by atoms with Gasteiger partial charge in [-0.25, -0.2) is 0 Å². The minimum Gasteiger partial charge on any atom is -0.512 e. The van der Waals surface area contributed by atoms with Crippen molar-refractivity contribution in [1.82, 2.24) is 0 Å². The molecule has 0 aliphatic carbocycles. The molecule has 0 spiro atoms. The number of carbonyl (C=O) groups excluding carboxylic acids is 1. The number of benzene rings is 13. The lowest BCUT2D eigenvalue weighted by Crippen LogP contribution is -2.85. The Morgan fingerprint density at radius 3 is 0.516 bits per heavy atom. The summed E-state index contributed by atoms with van der Waals surface area (Å²) in [5.74, 6) is -0.383. The van der Waals surface area contributed by atoms with Gasteiger partial charge in [0, 0.05) is 17.3 Å². The van der Waals surface area contributed by atoms with E-state index in [0.717, 1.165) is 67.4 Å². The topological polar surface area (TPSA) is 72.5 Å². The number of ketones is 1. The highest BCUT2D eigenvalue weighted by molar-refractivity contribution is 7.17. The smallest absolute Gasteiger partial charge is 0.460 e. The van der Waals surface area contributed by atoms with Crippen LogP contribution in [-0.4, -0.2) is 56.9 Å². The van der Waals surface area contributed by atoms with E-state index >= 15 is 0 Å². The molecule has 0 radical (unpaired) electrons. The molecule has 0 amide bonds. The van der Waals surface area contributed by atoms with Crippen LogP contribution in [0.2, 0.25) is 0 Å². The fraction of sp³-hybridized carbons (Fsp3) is 0.0122. The first-order valence-corrected chi connectivity index (χ1v) is 42.8. The lowest BCUT2D eigenvalue weighted by molar-refractivity contribution is -0.115. The van der Waals surface area contributed by atoms with Crippen molar-refractivity contribution in [2.24, 2.45) is 0 Å². The van der Waals surface area contributed by atoms with Crippen molar-refractivity contribution in [2.45, 2.75) is 6.92 Å². The molecule has 0 saturated carbocycles. The van der Waals surface area contributed by atoms with Gasteiger partial charge in [0.15, 0.2) is 5.78 Å². The Kier molecular flexibility index (Phi) is 19.4. The first kappa shape index (κ1) is 63.9. The van der Waals surface area contributed by atoms with Crippen LogP contribution in [0.4, 0.5) is 0 Å². The molecule has 0 saturated heterocycles. The maximum Gasteiger partial charge on any atom is 0.460 e. The number of allylic oxidation sites excluding steroid dienone is 1. The Labute approximate surface area is 563 Å². The summed E-state index contributed by atoms with van der Waals surface area (Å²) in [6.45, 7) is 5.82. The van der Waals surface area contributed by atoms with E-state index in [9.17, 15) is 13.0 Å². The van der Waals surface area contributed by atoms with Crippen LogP contribution < -0.4 is 67.4 Å². The molecule has 464 valence electrons. The Hall–Kier alpha value is -9.83. The third kappa shape index (κ3) is 12.7. The molecule has 7 nitrogen and oxygen atoms in total. The van der Waals surface area contributed by atoms with Crippen molar-refractivity contribution in [3.8, 4) is 0 Å². The number of rotatable bonds is 26. The summed E-state index contributed by atoms with van der Waals surface area (Å²) in [6, 6.07) is 136.